The predicted molar refractivity (Wildman–Crippen MR) is 87.8 cm³/mol. The average molecular weight is 308 g/mol. The van der Waals surface area contributed by atoms with Crippen LogP contribution in [0.25, 0.3) is 0 Å². The maximum absolute atomic E-state index is 12.8. The zero-order chi connectivity index (χ0) is 15.7. The van der Waals surface area contributed by atoms with Gasteiger partial charge in [-0.3, -0.25) is 5.32 Å². The van der Waals surface area contributed by atoms with Crippen molar-refractivity contribution in [3.05, 3.63) is 54.2 Å². The van der Waals surface area contributed by atoms with E-state index in [1.807, 2.05) is 11.0 Å². The van der Waals surface area contributed by atoms with E-state index in [0.717, 1.165) is 13.0 Å². The zero-order valence-corrected chi connectivity index (χ0v) is 13.0. The summed E-state index contributed by atoms with van der Waals surface area (Å²) in [5.74, 6) is 1.06. The molecule has 1 aromatic heterocycles. The third-order valence-electron chi connectivity index (χ3n) is 5.25. The van der Waals surface area contributed by atoms with E-state index in [4.69, 9.17) is 0 Å². The van der Waals surface area contributed by atoms with Crippen molar-refractivity contribution in [2.24, 2.45) is 5.92 Å². The summed E-state index contributed by atoms with van der Waals surface area (Å²) >= 11 is 0. The molecule has 1 aliphatic carbocycles. The first-order valence-electron chi connectivity index (χ1n) is 8.22. The summed E-state index contributed by atoms with van der Waals surface area (Å²) in [6.45, 7) is 0.820. The van der Waals surface area contributed by atoms with E-state index in [1.54, 1.807) is 18.3 Å². The number of hydrogen-bond donors (Lipinski definition) is 1. The molecule has 23 heavy (non-hydrogen) atoms. The van der Waals surface area contributed by atoms with Crippen LogP contribution in [0.15, 0.2) is 48.7 Å². The van der Waals surface area contributed by atoms with E-state index in [1.165, 1.54) is 24.8 Å². The lowest BCUT2D eigenvalue weighted by molar-refractivity contribution is -0.0756. The van der Waals surface area contributed by atoms with Crippen LogP contribution in [0.5, 0.6) is 0 Å². The molecule has 2 aliphatic rings. The number of fused-ring (bicyclic) bond motifs is 1. The Morgan fingerprint density at radius 1 is 1.17 bits per heavy atom. The Kier molecular flexibility index (Phi) is 3.48. The summed E-state index contributed by atoms with van der Waals surface area (Å²) in [5, 5.41) is 10.6. The van der Waals surface area contributed by atoms with Crippen molar-refractivity contribution in [2.45, 2.75) is 31.2 Å². The molecule has 1 N–H and O–H groups in total. The van der Waals surface area contributed by atoms with Crippen LogP contribution in [-0.4, -0.2) is 27.7 Å². The number of likely N-dealkylation sites (tertiary alicyclic amines) is 1. The highest BCUT2D eigenvalue weighted by atomic mass is 16.2. The van der Waals surface area contributed by atoms with Gasteiger partial charge in [0.1, 0.15) is 0 Å². The fourth-order valence-corrected chi connectivity index (χ4v) is 4.17. The van der Waals surface area contributed by atoms with Crippen LogP contribution in [-0.2, 0) is 5.54 Å². The first-order chi connectivity index (χ1) is 11.3. The molecular weight excluding hydrogens is 288 g/mol. The predicted octanol–water partition coefficient (Wildman–Crippen LogP) is 3.41. The number of rotatable bonds is 2. The van der Waals surface area contributed by atoms with Gasteiger partial charge in [-0.1, -0.05) is 43.2 Å². The second kappa shape index (κ2) is 5.65. The highest BCUT2D eigenvalue weighted by molar-refractivity contribution is 5.89. The molecule has 1 saturated heterocycles. The number of benzene rings is 1. The largest absolute Gasteiger partial charge is 0.323 e. The Morgan fingerprint density at radius 3 is 2.78 bits per heavy atom. The van der Waals surface area contributed by atoms with Crippen LogP contribution in [0.1, 0.15) is 31.2 Å². The van der Waals surface area contributed by atoms with Crippen molar-refractivity contribution in [3.63, 3.8) is 0 Å². The standard InChI is InChI=1S/C18H20N4O/c23-17(20-16-10-6-12-19-21-16)22-13-15-9-4-5-11-18(15,22)14-7-2-1-3-8-14/h1-3,6-8,10,12,15H,4-5,9,11,13H2,(H,20,21,23). The Morgan fingerprint density at radius 2 is 2.04 bits per heavy atom. The summed E-state index contributed by atoms with van der Waals surface area (Å²) in [4.78, 5) is 14.8. The average Bonchev–Trinajstić information content (AvgIpc) is 2.58. The van der Waals surface area contributed by atoms with Gasteiger partial charge in [0.15, 0.2) is 5.82 Å². The molecule has 2 unspecified atom stereocenters. The molecule has 2 fully saturated rings. The molecular formula is C18H20N4O. The topological polar surface area (TPSA) is 58.1 Å². The normalized spacial score (nSPS) is 26.1. The maximum atomic E-state index is 12.8. The number of nitrogens with one attached hydrogen (secondary N) is 1. The minimum atomic E-state index is -0.147. The summed E-state index contributed by atoms with van der Waals surface area (Å²) in [5.41, 5.74) is 1.11. The van der Waals surface area contributed by atoms with Crippen LogP contribution < -0.4 is 5.32 Å². The van der Waals surface area contributed by atoms with Crippen molar-refractivity contribution < 1.29 is 4.79 Å². The number of nitrogens with zero attached hydrogens (tertiary/aromatic N) is 3. The third kappa shape index (κ3) is 2.27. The van der Waals surface area contributed by atoms with Crippen LogP contribution in [0.3, 0.4) is 0 Å². The van der Waals surface area contributed by atoms with E-state index in [0.29, 0.717) is 11.7 Å². The Balaban J connectivity index is 1.62. The van der Waals surface area contributed by atoms with Gasteiger partial charge in [-0.15, -0.1) is 5.10 Å². The van der Waals surface area contributed by atoms with E-state index >= 15 is 0 Å². The van der Waals surface area contributed by atoms with E-state index < -0.39 is 0 Å². The Hall–Kier alpha value is -2.43. The second-order valence-electron chi connectivity index (χ2n) is 6.38. The maximum Gasteiger partial charge on any atom is 0.323 e. The molecule has 1 aromatic carbocycles. The molecule has 118 valence electrons. The molecule has 5 heteroatoms. The molecule has 2 atom stereocenters. The Labute approximate surface area is 135 Å². The van der Waals surface area contributed by atoms with E-state index in [9.17, 15) is 4.79 Å². The van der Waals surface area contributed by atoms with Crippen LogP contribution in [0.4, 0.5) is 10.6 Å². The number of carbonyl (C=O) groups excluding carboxylic acids is 1. The van der Waals surface area contributed by atoms with Crippen molar-refractivity contribution in [1.82, 2.24) is 15.1 Å². The minimum Gasteiger partial charge on any atom is -0.314 e. The van der Waals surface area contributed by atoms with Crippen molar-refractivity contribution >= 4 is 11.8 Å². The smallest absolute Gasteiger partial charge is 0.314 e. The molecule has 1 aliphatic heterocycles. The lowest BCUT2D eigenvalue weighted by atomic mass is 9.62. The van der Waals surface area contributed by atoms with Gasteiger partial charge in [-0.05, 0) is 30.5 Å². The number of anilines is 1. The first-order valence-corrected chi connectivity index (χ1v) is 8.22. The van der Waals surface area contributed by atoms with Gasteiger partial charge in [0.05, 0.1) is 5.54 Å². The molecule has 2 heterocycles. The molecule has 2 aromatic rings. The van der Waals surface area contributed by atoms with Crippen LogP contribution >= 0.6 is 0 Å². The lowest BCUT2D eigenvalue weighted by Crippen LogP contribution is -2.68. The number of aromatic nitrogens is 2. The monoisotopic (exact) mass is 308 g/mol. The molecule has 0 radical (unpaired) electrons. The minimum absolute atomic E-state index is 0.0764. The van der Waals surface area contributed by atoms with Gasteiger partial charge in [0.25, 0.3) is 0 Å². The van der Waals surface area contributed by atoms with Crippen molar-refractivity contribution in [2.75, 3.05) is 11.9 Å². The summed E-state index contributed by atoms with van der Waals surface area (Å²) in [6, 6.07) is 13.9. The summed E-state index contributed by atoms with van der Waals surface area (Å²) in [6.07, 6.45) is 6.26. The van der Waals surface area contributed by atoms with Gasteiger partial charge in [0, 0.05) is 18.7 Å². The van der Waals surface area contributed by atoms with E-state index in [2.05, 4.69) is 39.8 Å². The fraction of sp³-hybridized carbons (Fsp3) is 0.389. The second-order valence-corrected chi connectivity index (χ2v) is 6.38. The summed E-state index contributed by atoms with van der Waals surface area (Å²) < 4.78 is 0. The van der Waals surface area contributed by atoms with Crippen LogP contribution in [0.2, 0.25) is 0 Å². The number of amides is 2. The Bertz CT molecular complexity index is 691. The fourth-order valence-electron chi connectivity index (χ4n) is 4.17. The molecule has 0 spiro atoms. The third-order valence-corrected chi connectivity index (χ3v) is 5.25. The van der Waals surface area contributed by atoms with Crippen molar-refractivity contribution in [1.29, 1.82) is 0 Å². The van der Waals surface area contributed by atoms with Gasteiger partial charge in [-0.25, -0.2) is 4.79 Å². The first kappa shape index (κ1) is 14.2. The van der Waals surface area contributed by atoms with E-state index in [-0.39, 0.29) is 11.6 Å². The quantitative estimate of drug-likeness (QED) is 0.925. The number of carbonyl (C=O) groups is 1. The van der Waals surface area contributed by atoms with Gasteiger partial charge < -0.3 is 4.90 Å². The molecule has 0 bridgehead atoms. The van der Waals surface area contributed by atoms with Crippen LogP contribution in [0, 0.1) is 5.92 Å². The van der Waals surface area contributed by atoms with Gasteiger partial charge in [0.2, 0.25) is 0 Å². The molecule has 1 saturated carbocycles. The highest BCUT2D eigenvalue weighted by Gasteiger charge is 2.57. The molecule has 2 amide bonds. The summed E-state index contributed by atoms with van der Waals surface area (Å²) in [7, 11) is 0. The number of hydrogen-bond acceptors (Lipinski definition) is 3. The number of urea groups is 1. The lowest BCUT2D eigenvalue weighted by Gasteiger charge is -2.61. The highest BCUT2D eigenvalue weighted by Crippen LogP contribution is 2.53. The van der Waals surface area contributed by atoms with Gasteiger partial charge >= 0.3 is 6.03 Å². The van der Waals surface area contributed by atoms with Gasteiger partial charge in [-0.2, -0.15) is 5.10 Å². The molecule has 4 rings (SSSR count). The zero-order valence-electron chi connectivity index (χ0n) is 13.0. The SMILES string of the molecule is O=C(Nc1cccnn1)N1CC2CCCCC21c1ccccc1. The molecule has 5 nitrogen and oxygen atoms in total. The van der Waals surface area contributed by atoms with Crippen molar-refractivity contribution in [3.8, 4) is 0 Å².